The van der Waals surface area contributed by atoms with E-state index < -0.39 is 0 Å². The molecule has 1 aliphatic heterocycles. The smallest absolute Gasteiger partial charge is 0.238 e. The zero-order valence-corrected chi connectivity index (χ0v) is 16.9. The second-order valence-electron chi connectivity index (χ2n) is 7.32. The van der Waals surface area contributed by atoms with Gasteiger partial charge >= 0.3 is 0 Å². The molecule has 0 spiro atoms. The first-order valence-electron chi connectivity index (χ1n) is 9.95. The van der Waals surface area contributed by atoms with Gasteiger partial charge in [-0.15, -0.1) is 0 Å². The van der Waals surface area contributed by atoms with Crippen LogP contribution in [0.5, 0.6) is 5.88 Å². The summed E-state index contributed by atoms with van der Waals surface area (Å²) in [6, 6.07) is 14.4. The standard InChI is InChI=1S/C23H22N6O/c1-16-14-28(15-24-16)20-10-8-18(25-23(20)30-2)9-11-21-26-22-19(12-13-29(22)27-21)17-6-4-3-5-7-17/h3-11,14-15,19H,12-13H2,1-2H3. The second-order valence-corrected chi connectivity index (χ2v) is 7.32. The van der Waals surface area contributed by atoms with Crippen molar-refractivity contribution in [2.75, 3.05) is 7.11 Å². The van der Waals surface area contributed by atoms with Crippen LogP contribution in [0.4, 0.5) is 0 Å². The van der Waals surface area contributed by atoms with Gasteiger partial charge in [0.25, 0.3) is 0 Å². The SMILES string of the molecule is COc1nc(C=Cc2nc3n(n2)CCC3c2ccccc2)ccc1-n1cnc(C)c1. The number of nitrogens with zero attached hydrogens (tertiary/aromatic N) is 6. The van der Waals surface area contributed by atoms with E-state index in [0.717, 1.165) is 35.9 Å². The molecule has 0 N–H and O–H groups in total. The normalized spacial score (nSPS) is 15.6. The number of benzene rings is 1. The van der Waals surface area contributed by atoms with Crippen LogP contribution in [-0.4, -0.2) is 36.4 Å². The van der Waals surface area contributed by atoms with Crippen LogP contribution >= 0.6 is 0 Å². The van der Waals surface area contributed by atoms with Gasteiger partial charge in [0.1, 0.15) is 11.5 Å². The van der Waals surface area contributed by atoms with Crippen molar-refractivity contribution in [1.82, 2.24) is 29.3 Å². The van der Waals surface area contributed by atoms with Gasteiger partial charge in [0.05, 0.1) is 24.8 Å². The van der Waals surface area contributed by atoms with Crippen molar-refractivity contribution in [1.29, 1.82) is 0 Å². The molecule has 7 heteroatoms. The monoisotopic (exact) mass is 398 g/mol. The lowest BCUT2D eigenvalue weighted by Gasteiger charge is -2.08. The Balaban J connectivity index is 1.39. The maximum Gasteiger partial charge on any atom is 0.238 e. The molecule has 1 unspecified atom stereocenters. The largest absolute Gasteiger partial charge is 0.479 e. The molecule has 0 saturated heterocycles. The van der Waals surface area contributed by atoms with E-state index in [1.54, 1.807) is 13.4 Å². The Morgan fingerprint density at radius 2 is 1.93 bits per heavy atom. The number of aryl methyl sites for hydroxylation is 2. The Hall–Kier alpha value is -3.74. The van der Waals surface area contributed by atoms with Crippen LogP contribution in [0.1, 0.15) is 40.9 Å². The summed E-state index contributed by atoms with van der Waals surface area (Å²) in [5.74, 6) is 2.56. The summed E-state index contributed by atoms with van der Waals surface area (Å²) in [4.78, 5) is 13.6. The van der Waals surface area contributed by atoms with E-state index in [0.29, 0.717) is 17.6 Å². The number of hydrogen-bond acceptors (Lipinski definition) is 5. The second kappa shape index (κ2) is 7.59. The van der Waals surface area contributed by atoms with Gasteiger partial charge in [-0.25, -0.2) is 19.6 Å². The summed E-state index contributed by atoms with van der Waals surface area (Å²) < 4.78 is 9.40. The van der Waals surface area contributed by atoms with Gasteiger partial charge in [-0.1, -0.05) is 30.3 Å². The first-order chi connectivity index (χ1) is 14.7. The molecule has 5 rings (SSSR count). The van der Waals surface area contributed by atoms with E-state index in [1.807, 2.05) is 52.7 Å². The molecular weight excluding hydrogens is 376 g/mol. The number of rotatable bonds is 5. The van der Waals surface area contributed by atoms with Gasteiger partial charge < -0.3 is 9.30 Å². The first-order valence-corrected chi connectivity index (χ1v) is 9.95. The predicted molar refractivity (Wildman–Crippen MR) is 115 cm³/mol. The van der Waals surface area contributed by atoms with E-state index >= 15 is 0 Å². The highest BCUT2D eigenvalue weighted by molar-refractivity contribution is 5.65. The minimum atomic E-state index is 0.303. The fraction of sp³-hybridized carbons (Fsp3) is 0.217. The minimum Gasteiger partial charge on any atom is -0.479 e. The van der Waals surface area contributed by atoms with Crippen molar-refractivity contribution >= 4 is 12.2 Å². The predicted octanol–water partition coefficient (Wildman–Crippen LogP) is 3.88. The van der Waals surface area contributed by atoms with Crippen LogP contribution in [0.3, 0.4) is 0 Å². The number of imidazole rings is 1. The van der Waals surface area contributed by atoms with Crippen LogP contribution in [0.25, 0.3) is 17.8 Å². The summed E-state index contributed by atoms with van der Waals surface area (Å²) in [6.45, 7) is 2.84. The molecule has 4 heterocycles. The Labute approximate surface area is 174 Å². The molecule has 0 saturated carbocycles. The molecule has 150 valence electrons. The van der Waals surface area contributed by atoms with Crippen molar-refractivity contribution in [3.8, 4) is 11.6 Å². The van der Waals surface area contributed by atoms with Crippen LogP contribution in [-0.2, 0) is 6.54 Å². The molecule has 0 bridgehead atoms. The average Bonchev–Trinajstić information content (AvgIpc) is 3.48. The molecule has 1 aromatic carbocycles. The summed E-state index contributed by atoms with van der Waals surface area (Å²) in [6.07, 6.45) is 8.54. The van der Waals surface area contributed by atoms with Gasteiger partial charge in [-0.05, 0) is 43.2 Å². The molecule has 0 radical (unpaired) electrons. The lowest BCUT2D eigenvalue weighted by Crippen LogP contribution is -1.99. The molecule has 3 aromatic heterocycles. The van der Waals surface area contributed by atoms with Crippen LogP contribution in [0, 0.1) is 6.92 Å². The highest BCUT2D eigenvalue weighted by Crippen LogP contribution is 2.32. The van der Waals surface area contributed by atoms with E-state index in [9.17, 15) is 0 Å². The molecule has 0 fully saturated rings. The number of pyridine rings is 1. The lowest BCUT2D eigenvalue weighted by molar-refractivity contribution is 0.395. The first kappa shape index (κ1) is 18.3. The third-order valence-corrected chi connectivity index (χ3v) is 5.31. The molecule has 1 atom stereocenters. The summed E-state index contributed by atoms with van der Waals surface area (Å²) in [5, 5.41) is 4.64. The van der Waals surface area contributed by atoms with E-state index in [1.165, 1.54) is 5.56 Å². The van der Waals surface area contributed by atoms with Crippen molar-refractivity contribution < 1.29 is 4.74 Å². The molecule has 1 aliphatic rings. The number of hydrogen-bond donors (Lipinski definition) is 0. The minimum absolute atomic E-state index is 0.303. The Bertz CT molecular complexity index is 1210. The van der Waals surface area contributed by atoms with Crippen LogP contribution in [0.15, 0.2) is 55.0 Å². The fourth-order valence-corrected chi connectivity index (χ4v) is 3.85. The van der Waals surface area contributed by atoms with Gasteiger partial charge in [0, 0.05) is 18.7 Å². The maximum atomic E-state index is 5.49. The number of fused-ring (bicyclic) bond motifs is 1. The summed E-state index contributed by atoms with van der Waals surface area (Å²) in [5.41, 5.74) is 3.85. The summed E-state index contributed by atoms with van der Waals surface area (Å²) >= 11 is 0. The average molecular weight is 398 g/mol. The zero-order valence-electron chi connectivity index (χ0n) is 16.9. The molecule has 4 aromatic rings. The van der Waals surface area contributed by atoms with Gasteiger partial charge in [-0.2, -0.15) is 5.10 Å². The zero-order chi connectivity index (χ0) is 20.5. The molecule has 0 amide bonds. The van der Waals surface area contributed by atoms with E-state index in [4.69, 9.17) is 9.72 Å². The van der Waals surface area contributed by atoms with Gasteiger partial charge in [-0.3, -0.25) is 0 Å². The van der Waals surface area contributed by atoms with E-state index in [-0.39, 0.29) is 0 Å². The number of aromatic nitrogens is 6. The molecule has 30 heavy (non-hydrogen) atoms. The Kier molecular flexibility index (Phi) is 4.63. The number of ether oxygens (including phenoxy) is 1. The van der Waals surface area contributed by atoms with Gasteiger partial charge in [0.2, 0.25) is 5.88 Å². The molecular formula is C23H22N6O. The third kappa shape index (κ3) is 3.39. The van der Waals surface area contributed by atoms with Crippen molar-refractivity contribution in [2.24, 2.45) is 0 Å². The van der Waals surface area contributed by atoms with E-state index in [2.05, 4.69) is 39.3 Å². The molecule has 7 nitrogen and oxygen atoms in total. The van der Waals surface area contributed by atoms with Gasteiger partial charge in [0.15, 0.2) is 5.82 Å². The Morgan fingerprint density at radius 1 is 1.07 bits per heavy atom. The summed E-state index contributed by atoms with van der Waals surface area (Å²) in [7, 11) is 1.62. The highest BCUT2D eigenvalue weighted by Gasteiger charge is 2.27. The topological polar surface area (TPSA) is 70.7 Å². The van der Waals surface area contributed by atoms with Crippen molar-refractivity contribution in [2.45, 2.75) is 25.8 Å². The van der Waals surface area contributed by atoms with Crippen LogP contribution in [0.2, 0.25) is 0 Å². The lowest BCUT2D eigenvalue weighted by atomic mass is 9.97. The van der Waals surface area contributed by atoms with Crippen molar-refractivity contribution in [3.05, 3.63) is 83.6 Å². The Morgan fingerprint density at radius 3 is 2.70 bits per heavy atom. The fourth-order valence-electron chi connectivity index (χ4n) is 3.85. The van der Waals surface area contributed by atoms with Crippen molar-refractivity contribution in [3.63, 3.8) is 0 Å². The highest BCUT2D eigenvalue weighted by atomic mass is 16.5. The number of methoxy groups -OCH3 is 1. The molecule has 0 aliphatic carbocycles. The van der Waals surface area contributed by atoms with Crippen LogP contribution < -0.4 is 4.74 Å². The third-order valence-electron chi connectivity index (χ3n) is 5.31. The maximum absolute atomic E-state index is 5.49. The quantitative estimate of drug-likeness (QED) is 0.510.